The fourth-order valence-corrected chi connectivity index (χ4v) is 4.36. The van der Waals surface area contributed by atoms with Gasteiger partial charge in [0, 0.05) is 44.5 Å². The SMILES string of the molecule is CN(C(=O)CN1CCN(c2ccc(C(N)=O)cc2)CC1)C(c1ccccc1)c1ccccc1. The van der Waals surface area contributed by atoms with Crippen molar-refractivity contribution in [1.82, 2.24) is 9.80 Å². The third kappa shape index (κ3) is 5.41. The summed E-state index contributed by atoms with van der Waals surface area (Å²) < 4.78 is 0. The zero-order chi connectivity index (χ0) is 23.2. The molecular formula is C27H30N4O2. The van der Waals surface area contributed by atoms with Crippen LogP contribution in [0.25, 0.3) is 0 Å². The number of amides is 2. The first kappa shape index (κ1) is 22.6. The van der Waals surface area contributed by atoms with E-state index < -0.39 is 5.91 Å². The Balaban J connectivity index is 1.39. The van der Waals surface area contributed by atoms with Gasteiger partial charge in [-0.15, -0.1) is 0 Å². The molecule has 1 saturated heterocycles. The molecule has 2 amide bonds. The number of hydrogen-bond donors (Lipinski definition) is 1. The number of hydrogen-bond acceptors (Lipinski definition) is 4. The molecular weight excluding hydrogens is 412 g/mol. The Labute approximate surface area is 195 Å². The third-order valence-electron chi connectivity index (χ3n) is 6.26. The summed E-state index contributed by atoms with van der Waals surface area (Å²) in [5.41, 5.74) is 9.11. The van der Waals surface area contributed by atoms with Crippen LogP contribution in [0.15, 0.2) is 84.9 Å². The Morgan fingerprint density at radius 3 is 1.82 bits per heavy atom. The average Bonchev–Trinajstić information content (AvgIpc) is 2.86. The fourth-order valence-electron chi connectivity index (χ4n) is 4.36. The minimum Gasteiger partial charge on any atom is -0.369 e. The number of nitrogens with zero attached hydrogens (tertiary/aromatic N) is 3. The number of nitrogens with two attached hydrogens (primary N) is 1. The summed E-state index contributed by atoms with van der Waals surface area (Å²) in [5.74, 6) is -0.315. The van der Waals surface area contributed by atoms with Gasteiger partial charge in [-0.05, 0) is 35.4 Å². The predicted octanol–water partition coefficient (Wildman–Crippen LogP) is 3.16. The first-order valence-electron chi connectivity index (χ1n) is 11.3. The Hall–Kier alpha value is -3.64. The highest BCUT2D eigenvalue weighted by atomic mass is 16.2. The highest BCUT2D eigenvalue weighted by Crippen LogP contribution is 2.27. The van der Waals surface area contributed by atoms with E-state index in [0.717, 1.165) is 43.0 Å². The van der Waals surface area contributed by atoms with Crippen molar-refractivity contribution in [1.29, 1.82) is 0 Å². The molecule has 0 saturated carbocycles. The molecule has 0 atom stereocenters. The van der Waals surface area contributed by atoms with Crippen LogP contribution < -0.4 is 10.6 Å². The maximum atomic E-state index is 13.3. The van der Waals surface area contributed by atoms with Crippen molar-refractivity contribution in [3.05, 3.63) is 102 Å². The summed E-state index contributed by atoms with van der Waals surface area (Å²) in [6.45, 7) is 3.65. The minimum atomic E-state index is -0.418. The molecule has 1 heterocycles. The van der Waals surface area contributed by atoms with Gasteiger partial charge in [-0.1, -0.05) is 60.7 Å². The molecule has 3 aromatic carbocycles. The smallest absolute Gasteiger partial charge is 0.248 e. The first-order valence-corrected chi connectivity index (χ1v) is 11.3. The first-order chi connectivity index (χ1) is 16.0. The standard InChI is InChI=1S/C27H30N4O2/c1-29(26(21-8-4-2-5-9-21)22-10-6-3-7-11-22)25(32)20-30-16-18-31(19-17-30)24-14-12-23(13-15-24)27(28)33/h2-15,26H,16-20H2,1H3,(H2,28,33). The molecule has 6 heteroatoms. The lowest BCUT2D eigenvalue weighted by Crippen LogP contribution is -2.50. The second-order valence-electron chi connectivity index (χ2n) is 8.40. The molecule has 0 aliphatic carbocycles. The topological polar surface area (TPSA) is 69.9 Å². The lowest BCUT2D eigenvalue weighted by molar-refractivity contribution is -0.132. The molecule has 6 nitrogen and oxygen atoms in total. The lowest BCUT2D eigenvalue weighted by Gasteiger charge is -2.37. The van der Waals surface area contributed by atoms with Crippen LogP contribution >= 0.6 is 0 Å². The van der Waals surface area contributed by atoms with E-state index in [4.69, 9.17) is 5.73 Å². The molecule has 1 fully saturated rings. The van der Waals surface area contributed by atoms with Crippen LogP contribution in [0.2, 0.25) is 0 Å². The van der Waals surface area contributed by atoms with Crippen molar-refractivity contribution in [3.63, 3.8) is 0 Å². The quantitative estimate of drug-likeness (QED) is 0.610. The van der Waals surface area contributed by atoms with Crippen molar-refractivity contribution < 1.29 is 9.59 Å². The van der Waals surface area contributed by atoms with E-state index in [2.05, 4.69) is 34.1 Å². The van der Waals surface area contributed by atoms with Crippen LogP contribution in [-0.2, 0) is 4.79 Å². The van der Waals surface area contributed by atoms with Crippen molar-refractivity contribution in [3.8, 4) is 0 Å². The molecule has 0 spiro atoms. The maximum absolute atomic E-state index is 13.3. The Morgan fingerprint density at radius 2 is 1.33 bits per heavy atom. The van der Waals surface area contributed by atoms with Crippen LogP contribution in [0, 0.1) is 0 Å². The molecule has 2 N–H and O–H groups in total. The number of rotatable bonds is 7. The van der Waals surface area contributed by atoms with E-state index in [1.54, 1.807) is 12.1 Å². The van der Waals surface area contributed by atoms with E-state index in [-0.39, 0.29) is 11.9 Å². The number of anilines is 1. The number of carbonyl (C=O) groups excluding carboxylic acids is 2. The summed E-state index contributed by atoms with van der Waals surface area (Å²) in [7, 11) is 1.89. The molecule has 0 unspecified atom stereocenters. The Kier molecular flexibility index (Phi) is 7.05. The molecule has 170 valence electrons. The molecule has 0 bridgehead atoms. The highest BCUT2D eigenvalue weighted by molar-refractivity contribution is 5.93. The number of piperazine rings is 1. The van der Waals surface area contributed by atoms with E-state index in [0.29, 0.717) is 12.1 Å². The molecule has 1 aliphatic rings. The van der Waals surface area contributed by atoms with Crippen LogP contribution in [0.1, 0.15) is 27.5 Å². The molecule has 4 rings (SSSR count). The Morgan fingerprint density at radius 1 is 0.818 bits per heavy atom. The van der Waals surface area contributed by atoms with Crippen molar-refractivity contribution in [2.45, 2.75) is 6.04 Å². The van der Waals surface area contributed by atoms with Crippen LogP contribution in [0.3, 0.4) is 0 Å². The van der Waals surface area contributed by atoms with Crippen LogP contribution in [0.5, 0.6) is 0 Å². The molecule has 1 aliphatic heterocycles. The van der Waals surface area contributed by atoms with Crippen LogP contribution in [-0.4, -0.2) is 61.4 Å². The third-order valence-corrected chi connectivity index (χ3v) is 6.26. The van der Waals surface area contributed by atoms with Crippen LogP contribution in [0.4, 0.5) is 5.69 Å². The van der Waals surface area contributed by atoms with Gasteiger partial charge < -0.3 is 15.5 Å². The average molecular weight is 443 g/mol. The van der Waals surface area contributed by atoms with Gasteiger partial charge in [-0.3, -0.25) is 14.5 Å². The van der Waals surface area contributed by atoms with E-state index >= 15 is 0 Å². The van der Waals surface area contributed by atoms with Crippen molar-refractivity contribution in [2.24, 2.45) is 5.73 Å². The summed E-state index contributed by atoms with van der Waals surface area (Å²) in [6.07, 6.45) is 0. The minimum absolute atomic E-state index is 0.104. The second kappa shape index (κ2) is 10.3. The van der Waals surface area contributed by atoms with Gasteiger partial charge in [-0.2, -0.15) is 0 Å². The number of likely N-dealkylation sites (N-methyl/N-ethyl adjacent to an activating group) is 1. The van der Waals surface area contributed by atoms with Gasteiger partial charge in [0.2, 0.25) is 11.8 Å². The molecule has 3 aromatic rings. The summed E-state index contributed by atoms with van der Waals surface area (Å²) in [4.78, 5) is 30.9. The molecule has 0 aromatic heterocycles. The Bertz CT molecular complexity index is 1020. The van der Waals surface area contributed by atoms with Gasteiger partial charge in [0.1, 0.15) is 0 Å². The van der Waals surface area contributed by atoms with Gasteiger partial charge in [-0.25, -0.2) is 0 Å². The summed E-state index contributed by atoms with van der Waals surface area (Å²) >= 11 is 0. The van der Waals surface area contributed by atoms with Gasteiger partial charge >= 0.3 is 0 Å². The van der Waals surface area contributed by atoms with Crippen molar-refractivity contribution >= 4 is 17.5 Å². The normalized spacial score (nSPS) is 14.3. The van der Waals surface area contributed by atoms with E-state index in [1.807, 2.05) is 60.5 Å². The van der Waals surface area contributed by atoms with E-state index in [1.165, 1.54) is 0 Å². The number of benzene rings is 3. The van der Waals surface area contributed by atoms with Gasteiger partial charge in [0.15, 0.2) is 0 Å². The largest absolute Gasteiger partial charge is 0.369 e. The molecule has 33 heavy (non-hydrogen) atoms. The predicted molar refractivity (Wildman–Crippen MR) is 131 cm³/mol. The van der Waals surface area contributed by atoms with Crippen molar-refractivity contribution in [2.75, 3.05) is 44.7 Å². The number of carbonyl (C=O) groups is 2. The lowest BCUT2D eigenvalue weighted by atomic mass is 9.97. The summed E-state index contributed by atoms with van der Waals surface area (Å²) in [6, 6.07) is 27.6. The van der Waals surface area contributed by atoms with Gasteiger partial charge in [0.05, 0.1) is 12.6 Å². The second-order valence-corrected chi connectivity index (χ2v) is 8.40. The maximum Gasteiger partial charge on any atom is 0.248 e. The monoisotopic (exact) mass is 442 g/mol. The zero-order valence-corrected chi connectivity index (χ0v) is 18.9. The zero-order valence-electron chi connectivity index (χ0n) is 18.9. The van der Waals surface area contributed by atoms with E-state index in [9.17, 15) is 9.59 Å². The number of primary amides is 1. The van der Waals surface area contributed by atoms with Gasteiger partial charge in [0.25, 0.3) is 0 Å². The molecule has 0 radical (unpaired) electrons. The summed E-state index contributed by atoms with van der Waals surface area (Å²) in [5, 5.41) is 0. The highest BCUT2D eigenvalue weighted by Gasteiger charge is 2.26. The fraction of sp³-hybridized carbons (Fsp3) is 0.259.